The van der Waals surface area contributed by atoms with Crippen LogP contribution in [0.25, 0.3) is 0 Å². The first-order valence-electron chi connectivity index (χ1n) is 11.2. The molecule has 1 saturated heterocycles. The predicted octanol–water partition coefficient (Wildman–Crippen LogP) is 5.79. The molecule has 1 aliphatic heterocycles. The lowest BCUT2D eigenvalue weighted by molar-refractivity contribution is 0.0940. The molecule has 0 atom stereocenters. The van der Waals surface area contributed by atoms with E-state index in [9.17, 15) is 17.6 Å². The van der Waals surface area contributed by atoms with Crippen molar-refractivity contribution in [1.82, 2.24) is 9.62 Å². The van der Waals surface area contributed by atoms with Gasteiger partial charge in [0.25, 0.3) is 5.91 Å². The van der Waals surface area contributed by atoms with Crippen LogP contribution in [0.2, 0.25) is 5.02 Å². The molecule has 0 radical (unpaired) electrons. The van der Waals surface area contributed by atoms with Crippen molar-refractivity contribution in [3.05, 3.63) is 55.9 Å². The first kappa shape index (κ1) is 27.2. The third-order valence-electron chi connectivity index (χ3n) is 5.96. The Balaban J connectivity index is 1.68. The highest BCUT2D eigenvalue weighted by molar-refractivity contribution is 14.1. The maximum absolute atomic E-state index is 14.1. The number of sulfonamides is 1. The molecule has 0 aromatic heterocycles. The second kappa shape index (κ2) is 11.5. The number of hydrogen-bond acceptors (Lipinski definition) is 4. The number of piperidine rings is 1. The highest BCUT2D eigenvalue weighted by Crippen LogP contribution is 2.37. The van der Waals surface area contributed by atoms with Gasteiger partial charge in [-0.2, -0.15) is 0 Å². The molecule has 0 unspecified atom stereocenters. The summed E-state index contributed by atoms with van der Waals surface area (Å²) < 4.78 is 46.1. The lowest BCUT2D eigenvalue weighted by atomic mass is 9.98. The van der Waals surface area contributed by atoms with Gasteiger partial charge in [0.1, 0.15) is 11.6 Å². The van der Waals surface area contributed by atoms with Gasteiger partial charge in [0.15, 0.2) is 5.75 Å². The fraction of sp³-hybridized carbons (Fsp3) is 0.458. The number of nitrogens with one attached hydrogen (secondary N) is 1. The number of benzene rings is 2. The first-order valence-corrected chi connectivity index (χ1v) is 14.3. The van der Waals surface area contributed by atoms with Crippen molar-refractivity contribution < 1.29 is 22.3 Å². The molecule has 34 heavy (non-hydrogen) atoms. The molecule has 1 amide bonds. The van der Waals surface area contributed by atoms with Crippen LogP contribution in [0.5, 0.6) is 11.5 Å². The summed E-state index contributed by atoms with van der Waals surface area (Å²) in [6.45, 7) is 6.97. The zero-order valence-corrected chi connectivity index (χ0v) is 23.1. The molecule has 2 aromatic rings. The van der Waals surface area contributed by atoms with Crippen LogP contribution in [-0.2, 0) is 10.0 Å². The molecule has 3 rings (SSSR count). The third-order valence-corrected chi connectivity index (χ3v) is 9.21. The van der Waals surface area contributed by atoms with E-state index in [2.05, 4.69) is 5.32 Å². The number of ether oxygens (including phenoxy) is 1. The lowest BCUT2D eigenvalue weighted by Gasteiger charge is -2.31. The quantitative estimate of drug-likeness (QED) is 0.378. The second-order valence-corrected chi connectivity index (χ2v) is 12.4. The van der Waals surface area contributed by atoms with E-state index in [-0.39, 0.29) is 23.5 Å². The number of halogens is 3. The summed E-state index contributed by atoms with van der Waals surface area (Å²) in [5.74, 6) is 0.370. The monoisotopic (exact) mass is 622 g/mol. The average molecular weight is 623 g/mol. The summed E-state index contributed by atoms with van der Waals surface area (Å²) >= 11 is 8.36. The molecule has 186 valence electrons. The summed E-state index contributed by atoms with van der Waals surface area (Å²) in [6, 6.07) is 7.74. The summed E-state index contributed by atoms with van der Waals surface area (Å²) in [5, 5.41) is 3.27. The van der Waals surface area contributed by atoms with Crippen LogP contribution in [0.15, 0.2) is 30.3 Å². The minimum atomic E-state index is -3.17. The van der Waals surface area contributed by atoms with Crippen LogP contribution in [-0.4, -0.2) is 44.0 Å². The molecule has 1 N–H and O–H groups in total. The maximum Gasteiger partial charge on any atom is 0.252 e. The summed E-state index contributed by atoms with van der Waals surface area (Å²) in [4.78, 5) is 12.9. The van der Waals surface area contributed by atoms with E-state index in [0.717, 1.165) is 5.56 Å². The molecule has 0 saturated carbocycles. The fourth-order valence-corrected chi connectivity index (χ4v) is 6.12. The maximum atomic E-state index is 14.1. The Bertz CT molecular complexity index is 1150. The molecule has 1 heterocycles. The number of carbonyl (C=O) groups excluding carboxylic acids is 1. The van der Waals surface area contributed by atoms with Crippen LogP contribution in [0.1, 0.15) is 55.5 Å². The van der Waals surface area contributed by atoms with E-state index < -0.39 is 15.8 Å². The summed E-state index contributed by atoms with van der Waals surface area (Å²) in [5.41, 5.74) is 1.21. The molecular weight excluding hydrogens is 594 g/mol. The van der Waals surface area contributed by atoms with Gasteiger partial charge >= 0.3 is 0 Å². The lowest BCUT2D eigenvalue weighted by Crippen LogP contribution is -2.42. The second-order valence-electron chi connectivity index (χ2n) is 8.67. The van der Waals surface area contributed by atoms with Gasteiger partial charge in [0.05, 0.1) is 19.9 Å². The summed E-state index contributed by atoms with van der Waals surface area (Å²) in [7, 11) is -3.17. The molecule has 0 bridgehead atoms. The van der Waals surface area contributed by atoms with Crippen LogP contribution in [0.4, 0.5) is 4.39 Å². The molecule has 0 spiro atoms. The number of carbonyl (C=O) groups is 1. The Morgan fingerprint density at radius 1 is 1.26 bits per heavy atom. The van der Waals surface area contributed by atoms with Crippen molar-refractivity contribution in [2.45, 2.75) is 39.5 Å². The third kappa shape index (κ3) is 6.61. The molecule has 1 fully saturated rings. The SMILES string of the molecule is CCS(=O)(=O)N1CCC(CNC(=O)c2ccc(Cl)c(Oc3cc(F)cc(C(C)C)c3)c2I)CC1. The van der Waals surface area contributed by atoms with Gasteiger partial charge in [-0.15, -0.1) is 0 Å². The predicted molar refractivity (Wildman–Crippen MR) is 141 cm³/mol. The Hall–Kier alpha value is -1.43. The smallest absolute Gasteiger partial charge is 0.252 e. The average Bonchev–Trinajstić information content (AvgIpc) is 2.80. The van der Waals surface area contributed by atoms with Gasteiger partial charge in [0.2, 0.25) is 10.0 Å². The fourth-order valence-electron chi connectivity index (χ4n) is 3.80. The van der Waals surface area contributed by atoms with Gasteiger partial charge in [-0.25, -0.2) is 17.1 Å². The molecule has 1 aliphatic rings. The zero-order valence-electron chi connectivity index (χ0n) is 19.4. The van der Waals surface area contributed by atoms with E-state index in [1.54, 1.807) is 25.1 Å². The molecule has 10 heteroatoms. The number of nitrogens with zero attached hydrogens (tertiary/aromatic N) is 1. The Morgan fingerprint density at radius 3 is 2.56 bits per heavy atom. The molecule has 0 aliphatic carbocycles. The first-order chi connectivity index (χ1) is 16.0. The van der Waals surface area contributed by atoms with Gasteiger partial charge in [-0.1, -0.05) is 25.4 Å². The zero-order chi connectivity index (χ0) is 25.0. The molecule has 6 nitrogen and oxygen atoms in total. The highest BCUT2D eigenvalue weighted by atomic mass is 127. The number of hydrogen-bond donors (Lipinski definition) is 1. The minimum absolute atomic E-state index is 0.0994. The minimum Gasteiger partial charge on any atom is -0.455 e. The molecular formula is C24H29ClFIN2O4S. The Kier molecular flexibility index (Phi) is 9.22. The van der Waals surface area contributed by atoms with Crippen molar-refractivity contribution in [3.63, 3.8) is 0 Å². The van der Waals surface area contributed by atoms with Gasteiger partial charge in [-0.05, 0) is 84.0 Å². The van der Waals surface area contributed by atoms with E-state index in [4.69, 9.17) is 16.3 Å². The number of rotatable bonds is 8. The van der Waals surface area contributed by atoms with Crippen molar-refractivity contribution in [3.8, 4) is 11.5 Å². The van der Waals surface area contributed by atoms with Gasteiger partial charge < -0.3 is 10.1 Å². The van der Waals surface area contributed by atoms with Crippen molar-refractivity contribution in [2.24, 2.45) is 5.92 Å². The standard InChI is InChI=1S/C24H29ClFIN2O4S/c1-4-34(31,32)29-9-7-16(8-10-29)14-28-24(30)20-5-6-21(25)23(22(20)27)33-19-12-17(15(2)3)11-18(26)13-19/h5-6,11-13,15-16H,4,7-10,14H2,1-3H3,(H,28,30). The normalized spacial score (nSPS) is 15.5. The van der Waals surface area contributed by atoms with E-state index in [1.165, 1.54) is 16.4 Å². The molecule has 2 aromatic carbocycles. The van der Waals surface area contributed by atoms with Crippen LogP contribution in [0.3, 0.4) is 0 Å². The van der Waals surface area contributed by atoms with Crippen molar-refractivity contribution >= 4 is 50.1 Å². The largest absolute Gasteiger partial charge is 0.455 e. The summed E-state index contributed by atoms with van der Waals surface area (Å²) in [6.07, 6.45) is 1.40. The van der Waals surface area contributed by atoms with Crippen LogP contribution < -0.4 is 10.1 Å². The highest BCUT2D eigenvalue weighted by Gasteiger charge is 2.27. The van der Waals surface area contributed by atoms with E-state index in [0.29, 0.717) is 58.1 Å². The topological polar surface area (TPSA) is 75.7 Å². The van der Waals surface area contributed by atoms with Crippen molar-refractivity contribution in [2.75, 3.05) is 25.4 Å². The number of amides is 1. The van der Waals surface area contributed by atoms with Gasteiger partial charge in [-0.3, -0.25) is 4.79 Å². The van der Waals surface area contributed by atoms with E-state index in [1.807, 2.05) is 36.4 Å². The van der Waals surface area contributed by atoms with Crippen LogP contribution in [0, 0.1) is 15.3 Å². The van der Waals surface area contributed by atoms with Crippen LogP contribution >= 0.6 is 34.2 Å². The van der Waals surface area contributed by atoms with Gasteiger partial charge in [0, 0.05) is 25.7 Å². The Morgan fingerprint density at radius 2 is 1.94 bits per heavy atom. The Labute approximate surface area is 219 Å². The van der Waals surface area contributed by atoms with Crippen molar-refractivity contribution in [1.29, 1.82) is 0 Å². The van der Waals surface area contributed by atoms with E-state index >= 15 is 0 Å².